The second kappa shape index (κ2) is 11.2. The number of furan rings is 1. The third-order valence-corrected chi connectivity index (χ3v) is 2.85. The van der Waals surface area contributed by atoms with Crippen LogP contribution in [0.5, 0.6) is 0 Å². The van der Waals surface area contributed by atoms with Crippen LogP contribution in [0.2, 0.25) is 0 Å². The smallest absolute Gasteiger partial charge is 0.191 e. The van der Waals surface area contributed by atoms with Crippen LogP contribution < -0.4 is 10.6 Å². The van der Waals surface area contributed by atoms with Gasteiger partial charge in [0.1, 0.15) is 11.9 Å². The molecule has 0 saturated carbocycles. The molecule has 0 bridgehead atoms. The van der Waals surface area contributed by atoms with Crippen LogP contribution in [0.1, 0.15) is 38.6 Å². The van der Waals surface area contributed by atoms with Gasteiger partial charge in [-0.2, -0.15) is 0 Å². The SMILES string of the molecule is CCNC(=NCC(O)c1ccco1)NCCCCOCC. The maximum Gasteiger partial charge on any atom is 0.191 e. The summed E-state index contributed by atoms with van der Waals surface area (Å²) in [6.07, 6.45) is 2.87. The van der Waals surface area contributed by atoms with E-state index >= 15 is 0 Å². The monoisotopic (exact) mass is 297 g/mol. The molecule has 1 atom stereocenters. The summed E-state index contributed by atoms with van der Waals surface area (Å²) in [4.78, 5) is 4.36. The number of aliphatic imine (C=N–C) groups is 1. The zero-order valence-corrected chi connectivity index (χ0v) is 13.0. The first kappa shape index (κ1) is 17.5. The Balaban J connectivity index is 2.29. The van der Waals surface area contributed by atoms with Gasteiger partial charge in [-0.1, -0.05) is 0 Å². The predicted octanol–water partition coefficient (Wildman–Crippen LogP) is 1.68. The summed E-state index contributed by atoms with van der Waals surface area (Å²) in [6, 6.07) is 3.50. The fraction of sp³-hybridized carbons (Fsp3) is 0.667. The zero-order valence-electron chi connectivity index (χ0n) is 13.0. The Morgan fingerprint density at radius 1 is 1.38 bits per heavy atom. The third kappa shape index (κ3) is 7.72. The third-order valence-electron chi connectivity index (χ3n) is 2.85. The zero-order chi connectivity index (χ0) is 15.3. The molecule has 3 N–H and O–H groups in total. The van der Waals surface area contributed by atoms with E-state index in [1.54, 1.807) is 18.4 Å². The molecule has 0 aliphatic rings. The molecule has 0 amide bonds. The molecule has 6 nitrogen and oxygen atoms in total. The van der Waals surface area contributed by atoms with Crippen LogP contribution in [-0.2, 0) is 4.74 Å². The summed E-state index contributed by atoms with van der Waals surface area (Å²) in [7, 11) is 0. The molecule has 0 radical (unpaired) electrons. The largest absolute Gasteiger partial charge is 0.467 e. The van der Waals surface area contributed by atoms with Crippen molar-refractivity contribution >= 4 is 5.96 Å². The van der Waals surface area contributed by atoms with Crippen molar-refractivity contribution in [3.63, 3.8) is 0 Å². The van der Waals surface area contributed by atoms with Crippen molar-refractivity contribution in [2.45, 2.75) is 32.8 Å². The van der Waals surface area contributed by atoms with Gasteiger partial charge in [0.15, 0.2) is 5.96 Å². The number of ether oxygens (including phenoxy) is 1. The van der Waals surface area contributed by atoms with Crippen molar-refractivity contribution in [3.05, 3.63) is 24.2 Å². The number of nitrogens with one attached hydrogen (secondary N) is 2. The molecule has 0 aliphatic heterocycles. The topological polar surface area (TPSA) is 79.0 Å². The predicted molar refractivity (Wildman–Crippen MR) is 83.4 cm³/mol. The lowest BCUT2D eigenvalue weighted by Crippen LogP contribution is -2.38. The van der Waals surface area contributed by atoms with Crippen molar-refractivity contribution in [2.24, 2.45) is 4.99 Å². The van der Waals surface area contributed by atoms with E-state index in [9.17, 15) is 5.11 Å². The molecular weight excluding hydrogens is 270 g/mol. The van der Waals surface area contributed by atoms with Crippen LogP contribution in [0.25, 0.3) is 0 Å². The summed E-state index contributed by atoms with van der Waals surface area (Å²) in [5, 5.41) is 16.3. The molecular formula is C15H27N3O3. The Morgan fingerprint density at radius 3 is 2.90 bits per heavy atom. The molecule has 0 fully saturated rings. The Bertz CT molecular complexity index is 380. The van der Waals surface area contributed by atoms with Crippen LogP contribution in [0, 0.1) is 0 Å². The number of aliphatic hydroxyl groups is 1. The number of hydrogen-bond acceptors (Lipinski definition) is 4. The first-order chi connectivity index (χ1) is 10.3. The lowest BCUT2D eigenvalue weighted by Gasteiger charge is -2.12. The van der Waals surface area contributed by atoms with Gasteiger partial charge in [0.25, 0.3) is 0 Å². The highest BCUT2D eigenvalue weighted by Gasteiger charge is 2.09. The molecule has 1 aromatic rings. The molecule has 0 aromatic carbocycles. The maximum absolute atomic E-state index is 9.92. The summed E-state index contributed by atoms with van der Waals surface area (Å²) < 4.78 is 10.4. The Labute approximate surface area is 126 Å². The Kier molecular flexibility index (Phi) is 9.32. The quantitative estimate of drug-likeness (QED) is 0.348. The minimum atomic E-state index is -0.714. The summed E-state index contributed by atoms with van der Waals surface area (Å²) in [5.74, 6) is 1.24. The van der Waals surface area contributed by atoms with E-state index in [-0.39, 0.29) is 6.54 Å². The van der Waals surface area contributed by atoms with Crippen molar-refractivity contribution in [3.8, 4) is 0 Å². The van der Waals surface area contributed by atoms with Crippen LogP contribution in [-0.4, -0.2) is 43.9 Å². The van der Waals surface area contributed by atoms with Gasteiger partial charge in [0.05, 0.1) is 12.8 Å². The normalized spacial score (nSPS) is 13.2. The summed E-state index contributed by atoms with van der Waals surface area (Å²) in [6.45, 7) is 7.44. The van der Waals surface area contributed by atoms with Gasteiger partial charge in [0.2, 0.25) is 0 Å². The van der Waals surface area contributed by atoms with Gasteiger partial charge in [-0.3, -0.25) is 4.99 Å². The molecule has 1 rings (SSSR count). The molecule has 0 spiro atoms. The molecule has 21 heavy (non-hydrogen) atoms. The number of rotatable bonds is 10. The fourth-order valence-corrected chi connectivity index (χ4v) is 1.77. The highest BCUT2D eigenvalue weighted by Crippen LogP contribution is 2.12. The van der Waals surface area contributed by atoms with E-state index in [0.29, 0.717) is 11.7 Å². The van der Waals surface area contributed by atoms with E-state index in [2.05, 4.69) is 15.6 Å². The summed E-state index contributed by atoms with van der Waals surface area (Å²) in [5.41, 5.74) is 0. The lowest BCUT2D eigenvalue weighted by atomic mass is 10.3. The molecule has 1 heterocycles. The minimum Gasteiger partial charge on any atom is -0.467 e. The van der Waals surface area contributed by atoms with Gasteiger partial charge in [-0.05, 0) is 38.8 Å². The van der Waals surface area contributed by atoms with Crippen molar-refractivity contribution in [1.82, 2.24) is 10.6 Å². The van der Waals surface area contributed by atoms with E-state index < -0.39 is 6.10 Å². The standard InChI is InChI=1S/C15H27N3O3/c1-3-16-15(17-9-5-6-10-20-4-2)18-12-13(19)14-8-7-11-21-14/h7-8,11,13,19H,3-6,9-10,12H2,1-2H3,(H2,16,17,18). The van der Waals surface area contributed by atoms with Crippen molar-refractivity contribution < 1.29 is 14.3 Å². The summed E-state index contributed by atoms with van der Waals surface area (Å²) >= 11 is 0. The Hall–Kier alpha value is -1.53. The van der Waals surface area contributed by atoms with Gasteiger partial charge in [-0.15, -0.1) is 0 Å². The second-order valence-electron chi connectivity index (χ2n) is 4.58. The molecule has 1 unspecified atom stereocenters. The van der Waals surface area contributed by atoms with Crippen molar-refractivity contribution in [1.29, 1.82) is 0 Å². The average molecular weight is 297 g/mol. The van der Waals surface area contributed by atoms with E-state index in [1.165, 1.54) is 0 Å². The first-order valence-electron chi connectivity index (χ1n) is 7.59. The first-order valence-corrected chi connectivity index (χ1v) is 7.59. The fourth-order valence-electron chi connectivity index (χ4n) is 1.77. The number of guanidine groups is 1. The van der Waals surface area contributed by atoms with Gasteiger partial charge < -0.3 is 24.9 Å². The van der Waals surface area contributed by atoms with E-state index in [1.807, 2.05) is 13.8 Å². The van der Waals surface area contributed by atoms with Crippen LogP contribution in [0.4, 0.5) is 0 Å². The van der Waals surface area contributed by atoms with E-state index in [4.69, 9.17) is 9.15 Å². The molecule has 0 saturated heterocycles. The average Bonchev–Trinajstić information content (AvgIpc) is 3.02. The van der Waals surface area contributed by atoms with Gasteiger partial charge in [0, 0.05) is 26.3 Å². The molecule has 6 heteroatoms. The molecule has 120 valence electrons. The van der Waals surface area contributed by atoms with Gasteiger partial charge >= 0.3 is 0 Å². The minimum absolute atomic E-state index is 0.266. The Morgan fingerprint density at radius 2 is 2.24 bits per heavy atom. The molecule has 1 aromatic heterocycles. The second-order valence-corrected chi connectivity index (χ2v) is 4.58. The van der Waals surface area contributed by atoms with E-state index in [0.717, 1.165) is 39.1 Å². The van der Waals surface area contributed by atoms with Crippen molar-refractivity contribution in [2.75, 3.05) is 32.8 Å². The van der Waals surface area contributed by atoms with Gasteiger partial charge in [-0.25, -0.2) is 0 Å². The number of nitrogens with zero attached hydrogens (tertiary/aromatic N) is 1. The number of aliphatic hydroxyl groups excluding tert-OH is 1. The number of unbranched alkanes of at least 4 members (excludes halogenated alkanes) is 1. The van der Waals surface area contributed by atoms with Crippen LogP contribution >= 0.6 is 0 Å². The number of hydrogen-bond donors (Lipinski definition) is 3. The maximum atomic E-state index is 9.92. The highest BCUT2D eigenvalue weighted by molar-refractivity contribution is 5.79. The highest BCUT2D eigenvalue weighted by atomic mass is 16.5. The van der Waals surface area contributed by atoms with Crippen LogP contribution in [0.3, 0.4) is 0 Å². The lowest BCUT2D eigenvalue weighted by molar-refractivity contribution is 0.143. The molecule has 0 aliphatic carbocycles. The van der Waals surface area contributed by atoms with Crippen LogP contribution in [0.15, 0.2) is 27.8 Å².